The summed E-state index contributed by atoms with van der Waals surface area (Å²) >= 11 is 1.29. The molecule has 0 saturated carbocycles. The summed E-state index contributed by atoms with van der Waals surface area (Å²) in [5, 5.41) is 22.5. The van der Waals surface area contributed by atoms with Gasteiger partial charge in [0.1, 0.15) is 13.2 Å². The predicted molar refractivity (Wildman–Crippen MR) is 158 cm³/mol. The fourth-order valence-electron chi connectivity index (χ4n) is 5.17. The molecule has 0 aromatic heterocycles. The maximum Gasteiger partial charge on any atom is 0.294 e. The maximum atomic E-state index is 13.7. The summed E-state index contributed by atoms with van der Waals surface area (Å²) in [6.45, 7) is -0.977. The normalized spacial score (nSPS) is 13.4. The number of amides is 1. The highest BCUT2D eigenvalue weighted by Crippen LogP contribution is 2.50. The number of carbonyl (C=O) groups is 1. The number of hydrogen-bond acceptors (Lipinski definition) is 12. The molecule has 0 fully saturated rings. The summed E-state index contributed by atoms with van der Waals surface area (Å²) in [6, 6.07) is 10.4. The number of nitrogens with one attached hydrogen (secondary N) is 1. The van der Waals surface area contributed by atoms with E-state index in [4.69, 9.17) is 14.2 Å². The number of fused-ring (bicyclic) bond motifs is 3. The Morgan fingerprint density at radius 2 is 1.57 bits per heavy atom. The van der Waals surface area contributed by atoms with Gasteiger partial charge in [-0.3, -0.25) is 9.59 Å². The van der Waals surface area contributed by atoms with Crippen LogP contribution in [0.1, 0.15) is 45.1 Å². The molecule has 0 heterocycles. The molecule has 0 bridgehead atoms. The molecule has 3 aromatic carbocycles. The van der Waals surface area contributed by atoms with E-state index in [0.29, 0.717) is 51.7 Å². The lowest BCUT2D eigenvalue weighted by Gasteiger charge is -2.20. The first-order valence-corrected chi connectivity index (χ1v) is 14.3. The molecule has 1 aliphatic carbocycles. The minimum Gasteiger partial charge on any atom is -0.493 e. The van der Waals surface area contributed by atoms with E-state index < -0.39 is 35.3 Å². The second-order valence-corrected chi connectivity index (χ2v) is 10.4. The van der Waals surface area contributed by atoms with Crippen LogP contribution in [-0.2, 0) is 29.3 Å². The van der Waals surface area contributed by atoms with E-state index in [-0.39, 0.29) is 22.1 Å². The van der Waals surface area contributed by atoms with Gasteiger partial charge in [-0.1, -0.05) is 12.1 Å². The van der Waals surface area contributed by atoms with Crippen molar-refractivity contribution in [2.45, 2.75) is 37.0 Å². The summed E-state index contributed by atoms with van der Waals surface area (Å²) < 4.78 is 17.0. The number of rotatable bonds is 12. The zero-order valence-electron chi connectivity index (χ0n) is 24.2. The Morgan fingerprint density at radius 1 is 0.932 bits per heavy atom. The zero-order valence-corrected chi connectivity index (χ0v) is 25.1. The van der Waals surface area contributed by atoms with Gasteiger partial charge in [0.05, 0.1) is 32.3 Å². The molecule has 0 saturated heterocycles. The van der Waals surface area contributed by atoms with Crippen molar-refractivity contribution in [3.63, 3.8) is 0 Å². The lowest BCUT2D eigenvalue weighted by atomic mass is 9.95. The van der Waals surface area contributed by atoms with Gasteiger partial charge in [-0.2, -0.15) is 0 Å². The second kappa shape index (κ2) is 13.9. The van der Waals surface area contributed by atoms with E-state index in [1.807, 2.05) is 12.1 Å². The van der Waals surface area contributed by atoms with Crippen molar-refractivity contribution in [2.24, 2.45) is 0 Å². The highest BCUT2D eigenvalue weighted by atomic mass is 32.2. The molecule has 232 valence electrons. The Bertz CT molecular complexity index is 1630. The summed E-state index contributed by atoms with van der Waals surface area (Å²) in [4.78, 5) is 57.8. The zero-order chi connectivity index (χ0) is 32.0. The Kier molecular flexibility index (Phi) is 10.1. The van der Waals surface area contributed by atoms with E-state index in [0.717, 1.165) is 5.56 Å². The van der Waals surface area contributed by atoms with Crippen LogP contribution in [0.25, 0.3) is 11.1 Å². The van der Waals surface area contributed by atoms with Crippen LogP contribution in [0.15, 0.2) is 52.2 Å². The average molecular weight is 628 g/mol. The van der Waals surface area contributed by atoms with Crippen LogP contribution >= 0.6 is 11.8 Å². The van der Waals surface area contributed by atoms with Crippen molar-refractivity contribution in [1.82, 2.24) is 5.32 Å². The molecule has 4 rings (SSSR count). The highest BCUT2D eigenvalue weighted by molar-refractivity contribution is 7.98. The van der Waals surface area contributed by atoms with Crippen LogP contribution in [0.2, 0.25) is 0 Å². The first-order valence-electron chi connectivity index (χ1n) is 13.1. The summed E-state index contributed by atoms with van der Waals surface area (Å²) in [5.41, 5.74) is 3.01. The predicted octanol–water partition coefficient (Wildman–Crippen LogP) is 4.30. The van der Waals surface area contributed by atoms with Gasteiger partial charge in [0.25, 0.3) is 16.1 Å². The molecule has 14 nitrogen and oxygen atoms in total. The number of thioether (sulfide) groups is 1. The Hall–Kier alpha value is -5.05. The standard InChI is InChI=1S/C29H29N3O11S/c1-39-24-12-18-5-7-22(21-13-23(33)25(44-4)8-6-20(21)26(18)28(41-3)27(24)40-2)30-29(34)19-10-16(14-42-31(35)36)9-17(11-19)15-43-32(37)38/h6,8-13,22H,5,7,14-15H2,1-4H3,(H,30,34). The molecule has 1 N–H and O–H groups in total. The molecule has 0 radical (unpaired) electrons. The van der Waals surface area contributed by atoms with E-state index in [1.165, 1.54) is 57.4 Å². The minimum absolute atomic E-state index is 0.0630. The molecular formula is C29H29N3O11S. The number of nitrogens with zero attached hydrogens (tertiary/aromatic N) is 2. The molecule has 1 unspecified atom stereocenters. The van der Waals surface area contributed by atoms with Gasteiger partial charge in [-0.05, 0) is 77.2 Å². The number of ether oxygens (including phenoxy) is 3. The smallest absolute Gasteiger partial charge is 0.294 e. The topological polar surface area (TPSA) is 179 Å². The van der Waals surface area contributed by atoms with E-state index >= 15 is 0 Å². The number of benzene rings is 2. The van der Waals surface area contributed by atoms with Crippen molar-refractivity contribution < 1.29 is 38.9 Å². The van der Waals surface area contributed by atoms with Crippen molar-refractivity contribution in [3.8, 4) is 28.4 Å². The molecule has 1 amide bonds. The quantitative estimate of drug-likeness (QED) is 0.171. The summed E-state index contributed by atoms with van der Waals surface area (Å²) in [5.74, 6) is 0.663. The van der Waals surface area contributed by atoms with Crippen LogP contribution in [0, 0.1) is 20.2 Å². The molecule has 1 aliphatic rings. The lowest BCUT2D eigenvalue weighted by molar-refractivity contribution is -0.763. The van der Waals surface area contributed by atoms with Gasteiger partial charge in [0.2, 0.25) is 5.75 Å². The maximum absolute atomic E-state index is 13.7. The fraction of sp³-hybridized carbons (Fsp3) is 0.310. The van der Waals surface area contributed by atoms with Crippen LogP contribution in [0.5, 0.6) is 17.2 Å². The van der Waals surface area contributed by atoms with Gasteiger partial charge in [-0.25, -0.2) is 0 Å². The second-order valence-electron chi connectivity index (χ2n) is 9.56. The molecular weight excluding hydrogens is 598 g/mol. The minimum atomic E-state index is -0.984. The Labute approximate surface area is 255 Å². The van der Waals surface area contributed by atoms with Crippen LogP contribution in [0.3, 0.4) is 0 Å². The van der Waals surface area contributed by atoms with Crippen molar-refractivity contribution >= 4 is 17.7 Å². The molecule has 3 aromatic rings. The molecule has 44 heavy (non-hydrogen) atoms. The third-order valence-electron chi connectivity index (χ3n) is 7.01. The fourth-order valence-corrected chi connectivity index (χ4v) is 5.64. The number of aryl methyl sites for hydroxylation is 1. The third-order valence-corrected chi connectivity index (χ3v) is 7.79. The molecule has 15 heteroatoms. The summed E-state index contributed by atoms with van der Waals surface area (Å²) in [7, 11) is 4.52. The lowest BCUT2D eigenvalue weighted by Crippen LogP contribution is -2.29. The van der Waals surface area contributed by atoms with Gasteiger partial charge in [-0.15, -0.1) is 32.0 Å². The largest absolute Gasteiger partial charge is 0.493 e. The number of carbonyl (C=O) groups excluding carboxylic acids is 1. The van der Waals surface area contributed by atoms with Crippen LogP contribution in [-0.4, -0.2) is 43.7 Å². The van der Waals surface area contributed by atoms with Gasteiger partial charge in [0, 0.05) is 11.1 Å². The molecule has 0 spiro atoms. The SMILES string of the molecule is COc1cc2c(c(OC)c1OC)-c1ccc(SC)c(=O)cc1C(NC(=O)c1cc(CO[N+](=O)[O-])cc(CO[N+](=O)[O-])c1)CC2. The van der Waals surface area contributed by atoms with Crippen LogP contribution in [0.4, 0.5) is 0 Å². The van der Waals surface area contributed by atoms with E-state index in [2.05, 4.69) is 15.0 Å². The molecule has 1 atom stereocenters. The van der Waals surface area contributed by atoms with Crippen molar-refractivity contribution in [1.29, 1.82) is 0 Å². The Balaban J connectivity index is 1.83. The molecule has 0 aliphatic heterocycles. The van der Waals surface area contributed by atoms with Crippen molar-refractivity contribution in [3.05, 3.63) is 101 Å². The summed E-state index contributed by atoms with van der Waals surface area (Å²) in [6.07, 6.45) is 2.63. The first kappa shape index (κ1) is 31.9. The number of hydrogen-bond donors (Lipinski definition) is 1. The van der Waals surface area contributed by atoms with Gasteiger partial charge < -0.3 is 29.2 Å². The van der Waals surface area contributed by atoms with Crippen LogP contribution < -0.4 is 25.0 Å². The van der Waals surface area contributed by atoms with E-state index in [9.17, 15) is 29.8 Å². The van der Waals surface area contributed by atoms with Gasteiger partial charge >= 0.3 is 0 Å². The van der Waals surface area contributed by atoms with Crippen molar-refractivity contribution in [2.75, 3.05) is 27.6 Å². The van der Waals surface area contributed by atoms with E-state index in [1.54, 1.807) is 12.3 Å². The first-order chi connectivity index (χ1) is 21.1. The van der Waals surface area contributed by atoms with Gasteiger partial charge in [0.15, 0.2) is 16.9 Å². The Morgan fingerprint density at radius 3 is 2.11 bits per heavy atom. The highest BCUT2D eigenvalue weighted by Gasteiger charge is 2.30. The number of methoxy groups -OCH3 is 3. The third kappa shape index (κ3) is 6.94. The monoisotopic (exact) mass is 627 g/mol. The average Bonchev–Trinajstić information content (AvgIpc) is 3.25.